The molecule has 0 aromatic carbocycles. The minimum Gasteiger partial charge on any atom is -0.480 e. The standard InChI is InChI=1S/C11H21N3O4/c1-4-6-12-9(15)7-14(3)11(18)13-8(5-2)10(16)17/h8H,4-7H2,1-3H3,(H,12,15)(H,13,18)(H,16,17). The average molecular weight is 259 g/mol. The molecule has 7 heteroatoms. The van der Waals surface area contributed by atoms with Gasteiger partial charge in [0.2, 0.25) is 5.91 Å². The molecule has 0 fully saturated rings. The number of carbonyl (C=O) groups is 3. The molecule has 0 heterocycles. The summed E-state index contributed by atoms with van der Waals surface area (Å²) in [6.07, 6.45) is 1.11. The van der Waals surface area contributed by atoms with Gasteiger partial charge >= 0.3 is 12.0 Å². The van der Waals surface area contributed by atoms with Gasteiger partial charge in [0.15, 0.2) is 0 Å². The van der Waals surface area contributed by atoms with Crippen LogP contribution in [0.1, 0.15) is 26.7 Å². The largest absolute Gasteiger partial charge is 0.480 e. The summed E-state index contributed by atoms with van der Waals surface area (Å²) in [5, 5.41) is 13.8. The van der Waals surface area contributed by atoms with E-state index in [-0.39, 0.29) is 18.9 Å². The molecule has 0 aromatic heterocycles. The molecule has 0 saturated heterocycles. The molecule has 3 N–H and O–H groups in total. The Morgan fingerprint density at radius 3 is 2.33 bits per heavy atom. The van der Waals surface area contributed by atoms with Gasteiger partial charge in [-0.1, -0.05) is 13.8 Å². The Hall–Kier alpha value is -1.79. The number of rotatable bonds is 7. The zero-order chi connectivity index (χ0) is 14.1. The van der Waals surface area contributed by atoms with Gasteiger partial charge in [0.1, 0.15) is 12.6 Å². The van der Waals surface area contributed by atoms with Crippen molar-refractivity contribution in [1.29, 1.82) is 0 Å². The van der Waals surface area contributed by atoms with E-state index in [0.29, 0.717) is 6.54 Å². The zero-order valence-electron chi connectivity index (χ0n) is 11.0. The number of amides is 3. The fourth-order valence-electron chi connectivity index (χ4n) is 1.21. The highest BCUT2D eigenvalue weighted by Crippen LogP contribution is 1.93. The number of nitrogens with zero attached hydrogens (tertiary/aromatic N) is 1. The Bertz CT molecular complexity index is 307. The highest BCUT2D eigenvalue weighted by molar-refractivity contribution is 5.86. The monoisotopic (exact) mass is 259 g/mol. The molecule has 0 spiro atoms. The second kappa shape index (κ2) is 8.32. The molecule has 0 rings (SSSR count). The van der Waals surface area contributed by atoms with E-state index in [9.17, 15) is 14.4 Å². The lowest BCUT2D eigenvalue weighted by Crippen LogP contribution is -2.48. The van der Waals surface area contributed by atoms with Gasteiger partial charge < -0.3 is 20.6 Å². The number of carboxylic acid groups (broad SMARTS) is 1. The van der Waals surface area contributed by atoms with Crippen LogP contribution in [-0.4, -0.2) is 54.1 Å². The van der Waals surface area contributed by atoms with Crippen LogP contribution in [0.5, 0.6) is 0 Å². The lowest BCUT2D eigenvalue weighted by atomic mass is 10.2. The van der Waals surface area contributed by atoms with Crippen molar-refractivity contribution in [1.82, 2.24) is 15.5 Å². The summed E-state index contributed by atoms with van der Waals surface area (Å²) in [6.45, 7) is 4.05. The van der Waals surface area contributed by atoms with Crippen molar-refractivity contribution in [2.75, 3.05) is 20.1 Å². The van der Waals surface area contributed by atoms with Gasteiger partial charge in [-0.2, -0.15) is 0 Å². The van der Waals surface area contributed by atoms with Crippen LogP contribution in [0.15, 0.2) is 0 Å². The molecule has 0 aromatic rings. The van der Waals surface area contributed by atoms with Crippen LogP contribution in [0.25, 0.3) is 0 Å². The fraction of sp³-hybridized carbons (Fsp3) is 0.727. The number of hydrogen-bond donors (Lipinski definition) is 3. The molecule has 0 aliphatic carbocycles. The maximum Gasteiger partial charge on any atom is 0.326 e. The molecule has 1 atom stereocenters. The average Bonchev–Trinajstić information content (AvgIpc) is 2.32. The first kappa shape index (κ1) is 16.2. The van der Waals surface area contributed by atoms with Gasteiger partial charge in [-0.25, -0.2) is 9.59 Å². The quantitative estimate of drug-likeness (QED) is 0.600. The van der Waals surface area contributed by atoms with Crippen LogP contribution in [-0.2, 0) is 9.59 Å². The van der Waals surface area contributed by atoms with E-state index in [1.54, 1.807) is 6.92 Å². The first-order valence-electron chi connectivity index (χ1n) is 5.93. The molecule has 104 valence electrons. The van der Waals surface area contributed by atoms with Crippen molar-refractivity contribution in [3.8, 4) is 0 Å². The number of nitrogens with one attached hydrogen (secondary N) is 2. The third kappa shape index (κ3) is 6.07. The number of carbonyl (C=O) groups excluding carboxylic acids is 2. The van der Waals surface area contributed by atoms with E-state index in [1.807, 2.05) is 6.92 Å². The van der Waals surface area contributed by atoms with E-state index in [1.165, 1.54) is 7.05 Å². The highest BCUT2D eigenvalue weighted by Gasteiger charge is 2.20. The summed E-state index contributed by atoms with van der Waals surface area (Å²) >= 11 is 0. The molecule has 1 unspecified atom stereocenters. The number of carboxylic acids is 1. The third-order valence-electron chi connectivity index (χ3n) is 2.30. The second-order valence-electron chi connectivity index (χ2n) is 3.95. The van der Waals surface area contributed by atoms with E-state index >= 15 is 0 Å². The Balaban J connectivity index is 4.17. The molecule has 0 aliphatic heterocycles. The SMILES string of the molecule is CCCNC(=O)CN(C)C(=O)NC(CC)C(=O)O. The topological polar surface area (TPSA) is 98.7 Å². The summed E-state index contributed by atoms with van der Waals surface area (Å²) < 4.78 is 0. The van der Waals surface area contributed by atoms with Crippen molar-refractivity contribution >= 4 is 17.9 Å². The predicted octanol–water partition coefficient (Wildman–Crippen LogP) is 0.0172. The minimum absolute atomic E-state index is 0.0954. The maximum absolute atomic E-state index is 11.6. The summed E-state index contributed by atoms with van der Waals surface area (Å²) in [7, 11) is 1.44. The molecule has 0 saturated carbocycles. The molecule has 18 heavy (non-hydrogen) atoms. The molecule has 0 bridgehead atoms. The van der Waals surface area contributed by atoms with E-state index < -0.39 is 18.0 Å². The Kier molecular flexibility index (Phi) is 7.50. The maximum atomic E-state index is 11.6. The molecule has 0 aliphatic rings. The first-order chi connectivity index (χ1) is 8.42. The smallest absolute Gasteiger partial charge is 0.326 e. The van der Waals surface area contributed by atoms with Gasteiger partial charge in [-0.05, 0) is 12.8 Å². The summed E-state index contributed by atoms with van der Waals surface area (Å²) in [4.78, 5) is 34.8. The van der Waals surface area contributed by atoms with Crippen LogP contribution in [0.2, 0.25) is 0 Å². The van der Waals surface area contributed by atoms with E-state index in [4.69, 9.17) is 5.11 Å². The Labute approximate surface area is 107 Å². The van der Waals surface area contributed by atoms with Gasteiger partial charge in [0.05, 0.1) is 0 Å². The molecule has 7 nitrogen and oxygen atoms in total. The lowest BCUT2D eigenvalue weighted by Gasteiger charge is -2.20. The second-order valence-corrected chi connectivity index (χ2v) is 3.95. The molecular weight excluding hydrogens is 238 g/mol. The van der Waals surface area contributed by atoms with Crippen molar-refractivity contribution in [2.24, 2.45) is 0 Å². The third-order valence-corrected chi connectivity index (χ3v) is 2.30. The molecular formula is C11H21N3O4. The summed E-state index contributed by atoms with van der Waals surface area (Å²) in [5.41, 5.74) is 0. The van der Waals surface area contributed by atoms with Crippen LogP contribution in [0, 0.1) is 0 Å². The summed E-state index contributed by atoms with van der Waals surface area (Å²) in [5.74, 6) is -1.35. The van der Waals surface area contributed by atoms with Crippen LogP contribution in [0.4, 0.5) is 4.79 Å². The number of hydrogen-bond acceptors (Lipinski definition) is 3. The highest BCUT2D eigenvalue weighted by atomic mass is 16.4. The van der Waals surface area contributed by atoms with Crippen LogP contribution >= 0.6 is 0 Å². The van der Waals surface area contributed by atoms with Gasteiger partial charge in [-0.3, -0.25) is 4.79 Å². The number of urea groups is 1. The van der Waals surface area contributed by atoms with Crippen molar-refractivity contribution in [3.63, 3.8) is 0 Å². The number of likely N-dealkylation sites (N-methyl/N-ethyl adjacent to an activating group) is 1. The Morgan fingerprint density at radius 1 is 1.28 bits per heavy atom. The van der Waals surface area contributed by atoms with Crippen molar-refractivity contribution in [3.05, 3.63) is 0 Å². The van der Waals surface area contributed by atoms with E-state index in [0.717, 1.165) is 11.3 Å². The number of aliphatic carboxylic acids is 1. The molecule has 3 amide bonds. The zero-order valence-corrected chi connectivity index (χ0v) is 11.0. The minimum atomic E-state index is -1.09. The van der Waals surface area contributed by atoms with Crippen molar-refractivity contribution < 1.29 is 19.5 Å². The predicted molar refractivity (Wildman–Crippen MR) is 66.2 cm³/mol. The Morgan fingerprint density at radius 2 is 1.89 bits per heavy atom. The van der Waals surface area contributed by atoms with Crippen LogP contribution in [0.3, 0.4) is 0 Å². The lowest BCUT2D eigenvalue weighted by molar-refractivity contribution is -0.139. The van der Waals surface area contributed by atoms with Gasteiger partial charge in [-0.15, -0.1) is 0 Å². The van der Waals surface area contributed by atoms with E-state index in [2.05, 4.69) is 10.6 Å². The van der Waals surface area contributed by atoms with Crippen molar-refractivity contribution in [2.45, 2.75) is 32.7 Å². The molecule has 0 radical (unpaired) electrons. The normalized spacial score (nSPS) is 11.5. The first-order valence-corrected chi connectivity index (χ1v) is 5.93. The van der Waals surface area contributed by atoms with Gasteiger partial charge in [0.25, 0.3) is 0 Å². The van der Waals surface area contributed by atoms with Crippen LogP contribution < -0.4 is 10.6 Å². The fourth-order valence-corrected chi connectivity index (χ4v) is 1.21. The summed E-state index contributed by atoms with van der Waals surface area (Å²) in [6, 6.07) is -1.51. The van der Waals surface area contributed by atoms with Gasteiger partial charge in [0, 0.05) is 13.6 Å².